The van der Waals surface area contributed by atoms with E-state index >= 15 is 0 Å². The Hall–Kier alpha value is -2.07. The Morgan fingerprint density at radius 1 is 1.06 bits per heavy atom. The molecule has 4 heteroatoms. The quantitative estimate of drug-likeness (QED) is 0.617. The van der Waals surface area contributed by atoms with Crippen LogP contribution in [0.25, 0.3) is 0 Å². The number of piperidine rings is 1. The lowest BCUT2D eigenvalue weighted by Crippen LogP contribution is -2.44. The summed E-state index contributed by atoms with van der Waals surface area (Å²) in [6.07, 6.45) is 5.19. The van der Waals surface area contributed by atoms with E-state index in [1.54, 1.807) is 0 Å². The minimum atomic E-state index is -0.00384. The second-order valence-corrected chi connectivity index (χ2v) is 11.5. The molecule has 1 aromatic heterocycles. The number of carbonyl (C=O) groups excluding carboxylic acids is 1. The smallest absolute Gasteiger partial charge is 0.289 e. The summed E-state index contributed by atoms with van der Waals surface area (Å²) in [6.45, 7) is 13.7. The largest absolute Gasteiger partial charge is 0.456 e. The Bertz CT molecular complexity index is 993. The number of carbonyl (C=O) groups is 1. The molecule has 0 atom stereocenters. The van der Waals surface area contributed by atoms with Crippen LogP contribution < -0.4 is 0 Å². The number of nitrogens with zero attached hydrogens (tertiary/aromatic N) is 2. The highest BCUT2D eigenvalue weighted by Gasteiger charge is 2.37. The van der Waals surface area contributed by atoms with Gasteiger partial charge in [0.25, 0.3) is 5.91 Å². The summed E-state index contributed by atoms with van der Waals surface area (Å²) < 4.78 is 6.07. The summed E-state index contributed by atoms with van der Waals surface area (Å²) in [6, 6.07) is 8.92. The van der Waals surface area contributed by atoms with Crippen LogP contribution in [0.4, 0.5) is 0 Å². The number of furan rings is 1. The van der Waals surface area contributed by atoms with Crippen molar-refractivity contribution in [2.45, 2.75) is 83.6 Å². The third-order valence-corrected chi connectivity index (χ3v) is 8.10. The number of aryl methyl sites for hydroxylation is 1. The fourth-order valence-corrected chi connectivity index (χ4v) is 5.45. The van der Waals surface area contributed by atoms with Crippen molar-refractivity contribution >= 4 is 5.91 Å². The lowest BCUT2D eigenvalue weighted by Gasteiger charge is -2.42. The third kappa shape index (κ3) is 4.39. The van der Waals surface area contributed by atoms with Crippen molar-refractivity contribution in [2.75, 3.05) is 27.2 Å². The Kier molecular flexibility index (Phi) is 6.04. The van der Waals surface area contributed by atoms with Gasteiger partial charge in [-0.2, -0.15) is 0 Å². The van der Waals surface area contributed by atoms with Crippen molar-refractivity contribution in [3.05, 3.63) is 58.0 Å². The van der Waals surface area contributed by atoms with Crippen LogP contribution in [0, 0.1) is 6.92 Å². The Labute approximate surface area is 194 Å². The molecular weight excluding hydrogens is 396 g/mol. The van der Waals surface area contributed by atoms with E-state index in [0.717, 1.165) is 38.1 Å². The predicted molar refractivity (Wildman–Crippen MR) is 131 cm³/mol. The van der Waals surface area contributed by atoms with Crippen molar-refractivity contribution < 1.29 is 9.21 Å². The van der Waals surface area contributed by atoms with E-state index in [0.29, 0.717) is 11.8 Å². The van der Waals surface area contributed by atoms with Crippen LogP contribution in [-0.2, 0) is 17.3 Å². The number of amides is 1. The molecule has 1 saturated heterocycles. The minimum Gasteiger partial charge on any atom is -0.456 e. The van der Waals surface area contributed by atoms with Gasteiger partial charge in [0.1, 0.15) is 5.76 Å². The van der Waals surface area contributed by atoms with Gasteiger partial charge in [0.05, 0.1) is 0 Å². The van der Waals surface area contributed by atoms with Crippen molar-refractivity contribution in [1.29, 1.82) is 0 Å². The van der Waals surface area contributed by atoms with E-state index < -0.39 is 0 Å². The first-order valence-corrected chi connectivity index (χ1v) is 12.2. The molecule has 1 aliphatic carbocycles. The molecule has 0 spiro atoms. The Morgan fingerprint density at radius 3 is 2.28 bits per heavy atom. The molecule has 0 saturated carbocycles. The summed E-state index contributed by atoms with van der Waals surface area (Å²) in [7, 11) is 4.06. The zero-order chi connectivity index (χ0) is 23.3. The second kappa shape index (κ2) is 8.37. The molecule has 1 aromatic carbocycles. The molecule has 1 fully saturated rings. The highest BCUT2D eigenvalue weighted by molar-refractivity contribution is 5.91. The van der Waals surface area contributed by atoms with Crippen molar-refractivity contribution in [1.82, 2.24) is 9.80 Å². The zero-order valence-electron chi connectivity index (χ0n) is 21.0. The molecule has 32 heavy (non-hydrogen) atoms. The number of likely N-dealkylation sites (tertiary alicyclic amines) is 1. The van der Waals surface area contributed by atoms with E-state index in [-0.39, 0.29) is 16.7 Å². The van der Waals surface area contributed by atoms with E-state index in [2.05, 4.69) is 58.7 Å². The lowest BCUT2D eigenvalue weighted by atomic mass is 9.62. The minimum absolute atomic E-state index is 0.00384. The van der Waals surface area contributed by atoms with E-state index in [1.165, 1.54) is 35.1 Å². The number of fused-ring (bicyclic) bond motifs is 1. The van der Waals surface area contributed by atoms with Crippen LogP contribution in [0.2, 0.25) is 0 Å². The zero-order valence-corrected chi connectivity index (χ0v) is 21.0. The van der Waals surface area contributed by atoms with Crippen molar-refractivity contribution in [3.8, 4) is 0 Å². The molecule has 2 heterocycles. The van der Waals surface area contributed by atoms with Crippen LogP contribution in [0.15, 0.2) is 28.7 Å². The summed E-state index contributed by atoms with van der Waals surface area (Å²) in [5.74, 6) is 1.32. The standard InChI is InChI=1S/C28H40N2O2/c1-19-16-23-24(28(4,5)13-12-27(23,2)3)18-20(19)17-22-8-9-25(32-22)26(31)30(7)21-10-14-29(6)15-11-21/h8-9,16,18,21H,10-15,17H2,1-7H3. The summed E-state index contributed by atoms with van der Waals surface area (Å²) >= 11 is 0. The van der Waals surface area contributed by atoms with Gasteiger partial charge >= 0.3 is 0 Å². The number of hydrogen-bond acceptors (Lipinski definition) is 3. The maximum atomic E-state index is 13.0. The average Bonchev–Trinajstić information content (AvgIpc) is 3.20. The molecule has 174 valence electrons. The Balaban J connectivity index is 1.53. The number of benzene rings is 1. The van der Waals surface area contributed by atoms with Crippen LogP contribution >= 0.6 is 0 Å². The molecule has 0 N–H and O–H groups in total. The highest BCUT2D eigenvalue weighted by Crippen LogP contribution is 2.46. The molecule has 4 nitrogen and oxygen atoms in total. The van der Waals surface area contributed by atoms with Gasteiger partial charge in [0.15, 0.2) is 5.76 Å². The summed E-state index contributed by atoms with van der Waals surface area (Å²) in [5.41, 5.74) is 5.98. The number of hydrogen-bond donors (Lipinski definition) is 0. The van der Waals surface area contributed by atoms with Crippen LogP contribution in [0.1, 0.15) is 91.9 Å². The molecule has 4 rings (SSSR count). The molecule has 0 unspecified atom stereocenters. The molecule has 2 aromatic rings. The molecular formula is C28H40N2O2. The summed E-state index contributed by atoms with van der Waals surface area (Å²) in [5, 5.41) is 0. The fourth-order valence-electron chi connectivity index (χ4n) is 5.45. The molecule has 2 aliphatic rings. The lowest BCUT2D eigenvalue weighted by molar-refractivity contribution is 0.0626. The molecule has 0 radical (unpaired) electrons. The topological polar surface area (TPSA) is 36.7 Å². The normalized spacial score (nSPS) is 20.7. The second-order valence-electron chi connectivity index (χ2n) is 11.5. The van der Waals surface area contributed by atoms with E-state index in [9.17, 15) is 4.79 Å². The van der Waals surface area contributed by atoms with E-state index in [1.807, 2.05) is 24.1 Å². The fraction of sp³-hybridized carbons (Fsp3) is 0.607. The van der Waals surface area contributed by atoms with Gasteiger partial charge in [0.2, 0.25) is 0 Å². The SMILES string of the molecule is Cc1cc2c(cc1Cc1ccc(C(=O)N(C)C3CCN(C)CC3)o1)C(C)(C)CCC2(C)C. The van der Waals surface area contributed by atoms with Gasteiger partial charge in [-0.05, 0) is 98.0 Å². The Morgan fingerprint density at radius 2 is 1.66 bits per heavy atom. The van der Waals surface area contributed by atoms with Gasteiger partial charge in [-0.25, -0.2) is 0 Å². The first-order valence-electron chi connectivity index (χ1n) is 12.2. The van der Waals surface area contributed by atoms with Gasteiger partial charge in [0, 0.05) is 19.5 Å². The highest BCUT2D eigenvalue weighted by atomic mass is 16.4. The summed E-state index contributed by atoms with van der Waals surface area (Å²) in [4.78, 5) is 17.2. The maximum absolute atomic E-state index is 13.0. The monoisotopic (exact) mass is 436 g/mol. The van der Waals surface area contributed by atoms with Gasteiger partial charge in [-0.15, -0.1) is 0 Å². The van der Waals surface area contributed by atoms with Crippen LogP contribution in [0.5, 0.6) is 0 Å². The van der Waals surface area contributed by atoms with Crippen molar-refractivity contribution in [3.63, 3.8) is 0 Å². The third-order valence-electron chi connectivity index (χ3n) is 8.10. The maximum Gasteiger partial charge on any atom is 0.289 e. The van der Waals surface area contributed by atoms with Crippen LogP contribution in [-0.4, -0.2) is 48.9 Å². The first-order chi connectivity index (χ1) is 15.0. The molecule has 0 bridgehead atoms. The van der Waals surface area contributed by atoms with Gasteiger partial charge in [-0.1, -0.05) is 39.8 Å². The molecule has 1 amide bonds. The number of rotatable bonds is 4. The molecule has 1 aliphatic heterocycles. The first kappa shape index (κ1) is 23.1. The van der Waals surface area contributed by atoms with Gasteiger partial charge < -0.3 is 14.2 Å². The van der Waals surface area contributed by atoms with E-state index in [4.69, 9.17) is 4.42 Å². The predicted octanol–water partition coefficient (Wildman–Crippen LogP) is 5.69. The van der Waals surface area contributed by atoms with Crippen LogP contribution in [0.3, 0.4) is 0 Å². The van der Waals surface area contributed by atoms with Gasteiger partial charge in [-0.3, -0.25) is 4.79 Å². The average molecular weight is 437 g/mol. The van der Waals surface area contributed by atoms with Crippen molar-refractivity contribution in [2.24, 2.45) is 0 Å².